The zero-order valence-corrected chi connectivity index (χ0v) is 12.2. The lowest BCUT2D eigenvalue weighted by Gasteiger charge is -2.27. The molecule has 0 aliphatic heterocycles. The maximum atomic E-state index is 11.0. The number of carbonyl (C=O) groups excluding carboxylic acids is 1. The van der Waals surface area contributed by atoms with E-state index in [4.69, 9.17) is 4.74 Å². The molecule has 0 saturated carbocycles. The molecular formula is C16H26O2. The molecule has 102 valence electrons. The van der Waals surface area contributed by atoms with Crippen molar-refractivity contribution in [3.05, 3.63) is 23.3 Å². The van der Waals surface area contributed by atoms with Gasteiger partial charge in [0.05, 0.1) is 0 Å². The third-order valence-corrected chi connectivity index (χ3v) is 3.53. The third kappa shape index (κ3) is 5.52. The van der Waals surface area contributed by atoms with Crippen molar-refractivity contribution in [2.45, 2.75) is 65.9 Å². The summed E-state index contributed by atoms with van der Waals surface area (Å²) in [5.41, 5.74) is 2.92. The van der Waals surface area contributed by atoms with Crippen LogP contribution in [0.3, 0.4) is 0 Å². The van der Waals surface area contributed by atoms with Crippen molar-refractivity contribution < 1.29 is 9.53 Å². The largest absolute Gasteiger partial charge is 0.463 e. The summed E-state index contributed by atoms with van der Waals surface area (Å²) in [4.78, 5) is 11.0. The van der Waals surface area contributed by atoms with Gasteiger partial charge >= 0.3 is 5.97 Å². The number of esters is 1. The number of carbonyl (C=O) groups is 1. The molecular weight excluding hydrogens is 224 g/mol. The number of rotatable bonds is 5. The quantitative estimate of drug-likeness (QED) is 0.533. The van der Waals surface area contributed by atoms with Crippen molar-refractivity contribution in [1.29, 1.82) is 0 Å². The highest BCUT2D eigenvalue weighted by atomic mass is 16.5. The van der Waals surface area contributed by atoms with E-state index in [0.29, 0.717) is 5.92 Å². The molecule has 0 N–H and O–H groups in total. The Morgan fingerprint density at radius 1 is 1.50 bits per heavy atom. The predicted octanol–water partition coefficient (Wildman–Crippen LogP) is 4.41. The van der Waals surface area contributed by atoms with Crippen LogP contribution in [0.2, 0.25) is 0 Å². The molecule has 0 amide bonds. The first-order chi connectivity index (χ1) is 8.49. The SMILES string of the molecule is CC(=O)O[C@H](C)[C@H]1CCC=C(CCC=C(C)C)C1. The van der Waals surface area contributed by atoms with Crippen LogP contribution in [0.5, 0.6) is 0 Å². The summed E-state index contributed by atoms with van der Waals surface area (Å²) in [6.07, 6.45) is 10.3. The Hall–Kier alpha value is -1.05. The van der Waals surface area contributed by atoms with Crippen LogP contribution in [0, 0.1) is 5.92 Å². The van der Waals surface area contributed by atoms with Gasteiger partial charge in [-0.2, -0.15) is 0 Å². The van der Waals surface area contributed by atoms with E-state index in [1.165, 1.54) is 18.1 Å². The molecule has 0 radical (unpaired) electrons. The van der Waals surface area contributed by atoms with Gasteiger partial charge in [0, 0.05) is 6.92 Å². The zero-order chi connectivity index (χ0) is 13.5. The molecule has 1 aliphatic carbocycles. The van der Waals surface area contributed by atoms with Crippen molar-refractivity contribution in [1.82, 2.24) is 0 Å². The van der Waals surface area contributed by atoms with Gasteiger partial charge in [-0.25, -0.2) is 0 Å². The van der Waals surface area contributed by atoms with Crippen LogP contribution in [-0.4, -0.2) is 12.1 Å². The molecule has 18 heavy (non-hydrogen) atoms. The Balaban J connectivity index is 2.42. The van der Waals surface area contributed by atoms with E-state index < -0.39 is 0 Å². The molecule has 1 rings (SSSR count). The lowest BCUT2D eigenvalue weighted by atomic mass is 9.84. The van der Waals surface area contributed by atoms with Crippen LogP contribution in [0.4, 0.5) is 0 Å². The monoisotopic (exact) mass is 250 g/mol. The van der Waals surface area contributed by atoms with E-state index in [9.17, 15) is 4.79 Å². The number of hydrogen-bond donors (Lipinski definition) is 0. The summed E-state index contributed by atoms with van der Waals surface area (Å²) >= 11 is 0. The molecule has 2 nitrogen and oxygen atoms in total. The average Bonchev–Trinajstić information content (AvgIpc) is 2.28. The van der Waals surface area contributed by atoms with E-state index in [1.807, 2.05) is 6.92 Å². The van der Waals surface area contributed by atoms with Crippen LogP contribution in [0.25, 0.3) is 0 Å². The molecule has 0 aromatic rings. The first-order valence-corrected chi connectivity index (χ1v) is 6.97. The number of allylic oxidation sites excluding steroid dienone is 4. The standard InChI is InChI=1S/C16H26O2/c1-12(2)7-5-8-15-9-6-10-16(11-15)13(3)18-14(4)17/h7,9,13,16H,5-6,8,10-11H2,1-4H3/t13-,16+/m1/s1. The summed E-state index contributed by atoms with van der Waals surface area (Å²) in [5, 5.41) is 0. The highest BCUT2D eigenvalue weighted by Crippen LogP contribution is 2.30. The van der Waals surface area contributed by atoms with Crippen LogP contribution in [0.15, 0.2) is 23.3 Å². The topological polar surface area (TPSA) is 26.3 Å². The fraction of sp³-hybridized carbons (Fsp3) is 0.688. The van der Waals surface area contributed by atoms with Gasteiger partial charge in [0.2, 0.25) is 0 Å². The van der Waals surface area contributed by atoms with Crippen LogP contribution in [-0.2, 0) is 9.53 Å². The Morgan fingerprint density at radius 3 is 2.83 bits per heavy atom. The molecule has 2 atom stereocenters. The van der Waals surface area contributed by atoms with Crippen molar-refractivity contribution in [2.24, 2.45) is 5.92 Å². The van der Waals surface area contributed by atoms with Gasteiger partial charge in [-0.3, -0.25) is 4.79 Å². The third-order valence-electron chi connectivity index (χ3n) is 3.53. The smallest absolute Gasteiger partial charge is 0.302 e. The summed E-state index contributed by atoms with van der Waals surface area (Å²) < 4.78 is 5.30. The maximum Gasteiger partial charge on any atom is 0.302 e. The lowest BCUT2D eigenvalue weighted by molar-refractivity contribution is -0.148. The maximum absolute atomic E-state index is 11.0. The van der Waals surface area contributed by atoms with Crippen LogP contribution >= 0.6 is 0 Å². The van der Waals surface area contributed by atoms with Gasteiger partial charge < -0.3 is 4.74 Å². The fourth-order valence-electron chi connectivity index (χ4n) is 2.53. The van der Waals surface area contributed by atoms with Crippen molar-refractivity contribution in [2.75, 3.05) is 0 Å². The molecule has 0 aromatic carbocycles. The van der Waals surface area contributed by atoms with E-state index in [1.54, 1.807) is 0 Å². The first kappa shape index (κ1) is 15.0. The Kier molecular flexibility index (Phi) is 6.17. The fourth-order valence-corrected chi connectivity index (χ4v) is 2.53. The minimum Gasteiger partial charge on any atom is -0.463 e. The van der Waals surface area contributed by atoms with Crippen LogP contribution < -0.4 is 0 Å². The van der Waals surface area contributed by atoms with Crippen molar-refractivity contribution in [3.8, 4) is 0 Å². The molecule has 0 bridgehead atoms. The molecule has 0 aromatic heterocycles. The van der Waals surface area contributed by atoms with Gasteiger partial charge in [0.1, 0.15) is 6.10 Å². The Labute approximate surface area is 111 Å². The van der Waals surface area contributed by atoms with E-state index in [0.717, 1.165) is 32.1 Å². The first-order valence-electron chi connectivity index (χ1n) is 6.97. The van der Waals surface area contributed by atoms with Crippen molar-refractivity contribution in [3.63, 3.8) is 0 Å². The second-order valence-corrected chi connectivity index (χ2v) is 5.54. The highest BCUT2D eigenvalue weighted by Gasteiger charge is 2.23. The van der Waals surface area contributed by atoms with Gasteiger partial charge in [0.25, 0.3) is 0 Å². The molecule has 0 unspecified atom stereocenters. The van der Waals surface area contributed by atoms with E-state index >= 15 is 0 Å². The van der Waals surface area contributed by atoms with Gasteiger partial charge in [-0.15, -0.1) is 0 Å². The van der Waals surface area contributed by atoms with E-state index in [-0.39, 0.29) is 12.1 Å². The molecule has 0 fully saturated rings. The molecule has 0 heterocycles. The normalized spacial score (nSPS) is 20.9. The van der Waals surface area contributed by atoms with Crippen LogP contribution in [0.1, 0.15) is 59.8 Å². The minimum absolute atomic E-state index is 0.0506. The second-order valence-electron chi connectivity index (χ2n) is 5.54. The average molecular weight is 250 g/mol. The molecule has 2 heteroatoms. The molecule has 0 spiro atoms. The van der Waals surface area contributed by atoms with Gasteiger partial charge in [-0.05, 0) is 58.8 Å². The predicted molar refractivity (Wildman–Crippen MR) is 75.3 cm³/mol. The van der Waals surface area contributed by atoms with Gasteiger partial charge in [0.15, 0.2) is 0 Å². The summed E-state index contributed by atoms with van der Waals surface area (Å²) in [6.45, 7) is 7.79. The zero-order valence-electron chi connectivity index (χ0n) is 12.2. The molecule has 1 aliphatic rings. The van der Waals surface area contributed by atoms with E-state index in [2.05, 4.69) is 26.0 Å². The Morgan fingerprint density at radius 2 is 2.22 bits per heavy atom. The Bertz CT molecular complexity index is 335. The number of hydrogen-bond acceptors (Lipinski definition) is 2. The van der Waals surface area contributed by atoms with Crippen molar-refractivity contribution >= 4 is 5.97 Å². The lowest BCUT2D eigenvalue weighted by Crippen LogP contribution is -2.25. The summed E-state index contributed by atoms with van der Waals surface area (Å²) in [7, 11) is 0. The second kappa shape index (κ2) is 7.40. The highest BCUT2D eigenvalue weighted by molar-refractivity contribution is 5.66. The summed E-state index contributed by atoms with van der Waals surface area (Å²) in [6, 6.07) is 0. The van der Waals surface area contributed by atoms with Gasteiger partial charge in [-0.1, -0.05) is 23.3 Å². The molecule has 0 saturated heterocycles. The number of ether oxygens (including phenoxy) is 1. The summed E-state index contributed by atoms with van der Waals surface area (Å²) in [5.74, 6) is 0.337. The minimum atomic E-state index is -0.164.